The number of carboxylic acids is 1. The van der Waals surface area contributed by atoms with Gasteiger partial charge in [-0.05, 0) is 12.1 Å². The molecule has 1 saturated heterocycles. The van der Waals surface area contributed by atoms with Crippen LogP contribution < -0.4 is 0 Å². The van der Waals surface area contributed by atoms with E-state index in [2.05, 4.69) is 4.98 Å². The van der Waals surface area contributed by atoms with Crippen LogP contribution in [-0.2, 0) is 20.8 Å². The Kier molecular flexibility index (Phi) is 3.66. The maximum atomic E-state index is 10.8. The summed E-state index contributed by atoms with van der Waals surface area (Å²) in [5.74, 6) is -0.0818. The Morgan fingerprint density at radius 2 is 2.25 bits per heavy atom. The third-order valence-electron chi connectivity index (χ3n) is 3.34. The van der Waals surface area contributed by atoms with Gasteiger partial charge in [0.05, 0.1) is 37.3 Å². The summed E-state index contributed by atoms with van der Waals surface area (Å²) in [5.41, 5.74) is 1.78. The van der Waals surface area contributed by atoms with Crippen LogP contribution in [0, 0.1) is 0 Å². The molecule has 0 amide bonds. The van der Waals surface area contributed by atoms with Gasteiger partial charge in [-0.2, -0.15) is 0 Å². The third-order valence-corrected chi connectivity index (χ3v) is 3.34. The van der Waals surface area contributed by atoms with Crippen molar-refractivity contribution in [2.45, 2.75) is 19.1 Å². The second-order valence-corrected chi connectivity index (χ2v) is 4.69. The van der Waals surface area contributed by atoms with E-state index in [1.54, 1.807) is 0 Å². The summed E-state index contributed by atoms with van der Waals surface area (Å²) < 4.78 is 13.0. The molecule has 1 atom stereocenters. The van der Waals surface area contributed by atoms with Gasteiger partial charge in [0, 0.05) is 6.54 Å². The van der Waals surface area contributed by atoms with E-state index in [9.17, 15) is 4.79 Å². The molecule has 1 unspecified atom stereocenters. The van der Waals surface area contributed by atoms with Gasteiger partial charge in [0.1, 0.15) is 11.9 Å². The summed E-state index contributed by atoms with van der Waals surface area (Å²) in [6, 6.07) is 7.69. The zero-order chi connectivity index (χ0) is 13.9. The zero-order valence-corrected chi connectivity index (χ0v) is 11.0. The lowest BCUT2D eigenvalue weighted by molar-refractivity contribution is -0.137. The van der Waals surface area contributed by atoms with E-state index < -0.39 is 5.97 Å². The number of imidazole rings is 1. The third kappa shape index (κ3) is 2.52. The predicted octanol–water partition coefficient (Wildman–Crippen LogP) is 1.60. The standard InChI is InChI=1S/C14H16N2O4/c17-13(18)5-6-16-11-4-2-1-3-10(11)15-14(16)12-9-19-7-8-20-12/h1-4,12H,5-9H2,(H,17,18). The Balaban J connectivity index is 1.99. The monoisotopic (exact) mass is 276 g/mol. The Morgan fingerprint density at radius 3 is 3.00 bits per heavy atom. The van der Waals surface area contributed by atoms with Gasteiger partial charge >= 0.3 is 5.97 Å². The first kappa shape index (κ1) is 13.1. The molecule has 2 heterocycles. The Labute approximate surface area is 115 Å². The van der Waals surface area contributed by atoms with Crippen LogP contribution in [0.5, 0.6) is 0 Å². The van der Waals surface area contributed by atoms with Crippen LogP contribution in [0.25, 0.3) is 11.0 Å². The highest BCUT2D eigenvalue weighted by molar-refractivity contribution is 5.76. The molecule has 106 valence electrons. The highest BCUT2D eigenvalue weighted by Crippen LogP contribution is 2.25. The average molecular weight is 276 g/mol. The number of carboxylic acid groups (broad SMARTS) is 1. The van der Waals surface area contributed by atoms with Gasteiger partial charge in [0.25, 0.3) is 0 Å². The molecule has 1 aliphatic heterocycles. The van der Waals surface area contributed by atoms with Gasteiger partial charge in [0.15, 0.2) is 0 Å². The number of rotatable bonds is 4. The number of nitrogens with zero attached hydrogens (tertiary/aromatic N) is 2. The van der Waals surface area contributed by atoms with Crippen molar-refractivity contribution >= 4 is 17.0 Å². The molecule has 6 nitrogen and oxygen atoms in total. The van der Waals surface area contributed by atoms with Crippen LogP contribution in [0.4, 0.5) is 0 Å². The van der Waals surface area contributed by atoms with Gasteiger partial charge in [-0.3, -0.25) is 4.79 Å². The lowest BCUT2D eigenvalue weighted by Crippen LogP contribution is -2.25. The molecule has 0 spiro atoms. The lowest BCUT2D eigenvalue weighted by atomic mass is 10.3. The van der Waals surface area contributed by atoms with Gasteiger partial charge < -0.3 is 19.1 Å². The summed E-state index contributed by atoms with van der Waals surface area (Å²) >= 11 is 0. The normalized spacial score (nSPS) is 19.3. The molecule has 1 aliphatic rings. The van der Waals surface area contributed by atoms with E-state index in [1.165, 1.54) is 0 Å². The highest BCUT2D eigenvalue weighted by Gasteiger charge is 2.23. The topological polar surface area (TPSA) is 73.6 Å². The summed E-state index contributed by atoms with van der Waals surface area (Å²) in [4.78, 5) is 15.4. The zero-order valence-electron chi connectivity index (χ0n) is 11.0. The molecule has 6 heteroatoms. The molecule has 2 aromatic rings. The number of aliphatic carboxylic acids is 1. The number of hydrogen-bond donors (Lipinski definition) is 1. The van der Waals surface area contributed by atoms with Crippen LogP contribution in [0.15, 0.2) is 24.3 Å². The molecule has 0 saturated carbocycles. The van der Waals surface area contributed by atoms with E-state index in [0.29, 0.717) is 26.4 Å². The minimum absolute atomic E-state index is 0.0565. The predicted molar refractivity (Wildman–Crippen MR) is 71.5 cm³/mol. The fourth-order valence-corrected chi connectivity index (χ4v) is 2.42. The van der Waals surface area contributed by atoms with E-state index in [-0.39, 0.29) is 12.5 Å². The van der Waals surface area contributed by atoms with Crippen molar-refractivity contribution in [2.24, 2.45) is 0 Å². The number of carbonyl (C=O) groups is 1. The van der Waals surface area contributed by atoms with Crippen molar-refractivity contribution in [3.05, 3.63) is 30.1 Å². The van der Waals surface area contributed by atoms with Crippen molar-refractivity contribution in [2.75, 3.05) is 19.8 Å². The maximum absolute atomic E-state index is 10.8. The summed E-state index contributed by atoms with van der Waals surface area (Å²) in [7, 11) is 0. The molecular weight excluding hydrogens is 260 g/mol. The second-order valence-electron chi connectivity index (χ2n) is 4.69. The Morgan fingerprint density at radius 1 is 1.40 bits per heavy atom. The van der Waals surface area contributed by atoms with Gasteiger partial charge in [-0.15, -0.1) is 0 Å². The smallest absolute Gasteiger partial charge is 0.305 e. The number of hydrogen-bond acceptors (Lipinski definition) is 4. The van der Waals surface area contributed by atoms with E-state index in [0.717, 1.165) is 16.9 Å². The highest BCUT2D eigenvalue weighted by atomic mass is 16.6. The van der Waals surface area contributed by atoms with Crippen LogP contribution >= 0.6 is 0 Å². The molecule has 1 aromatic heterocycles. The molecule has 1 N–H and O–H groups in total. The minimum Gasteiger partial charge on any atom is -0.481 e. The van der Waals surface area contributed by atoms with Crippen LogP contribution in [0.2, 0.25) is 0 Å². The fraction of sp³-hybridized carbons (Fsp3) is 0.429. The largest absolute Gasteiger partial charge is 0.481 e. The maximum Gasteiger partial charge on any atom is 0.305 e. The quantitative estimate of drug-likeness (QED) is 0.918. The summed E-state index contributed by atoms with van der Waals surface area (Å²) in [6.07, 6.45) is -0.175. The van der Waals surface area contributed by atoms with E-state index in [1.807, 2.05) is 28.8 Å². The van der Waals surface area contributed by atoms with Gasteiger partial charge in [-0.1, -0.05) is 12.1 Å². The van der Waals surface area contributed by atoms with Crippen LogP contribution in [0.3, 0.4) is 0 Å². The summed E-state index contributed by atoms with van der Waals surface area (Å²) in [6.45, 7) is 1.96. The fourth-order valence-electron chi connectivity index (χ4n) is 2.42. The number of ether oxygens (including phenoxy) is 2. The average Bonchev–Trinajstić information content (AvgIpc) is 2.84. The SMILES string of the molecule is O=C(O)CCn1c(C2COCCO2)nc2ccccc21. The van der Waals surface area contributed by atoms with Gasteiger partial charge in [-0.25, -0.2) is 4.98 Å². The number of aryl methyl sites for hydroxylation is 1. The second kappa shape index (κ2) is 5.60. The Bertz CT molecular complexity index is 617. The van der Waals surface area contributed by atoms with Gasteiger partial charge in [0.2, 0.25) is 0 Å². The summed E-state index contributed by atoms with van der Waals surface area (Å²) in [5, 5.41) is 8.90. The van der Waals surface area contributed by atoms with Crippen molar-refractivity contribution in [1.82, 2.24) is 9.55 Å². The molecule has 0 aliphatic carbocycles. The number of aromatic nitrogens is 2. The first-order chi connectivity index (χ1) is 9.75. The number of benzene rings is 1. The molecular formula is C14H16N2O4. The molecule has 20 heavy (non-hydrogen) atoms. The Hall–Kier alpha value is -1.92. The molecule has 0 bridgehead atoms. The van der Waals surface area contributed by atoms with Crippen molar-refractivity contribution in [3.63, 3.8) is 0 Å². The van der Waals surface area contributed by atoms with Crippen molar-refractivity contribution in [1.29, 1.82) is 0 Å². The van der Waals surface area contributed by atoms with E-state index in [4.69, 9.17) is 14.6 Å². The molecule has 0 radical (unpaired) electrons. The molecule has 1 aromatic carbocycles. The number of fused-ring (bicyclic) bond motifs is 1. The lowest BCUT2D eigenvalue weighted by Gasteiger charge is -2.23. The minimum atomic E-state index is -0.824. The van der Waals surface area contributed by atoms with Crippen molar-refractivity contribution in [3.8, 4) is 0 Å². The molecule has 3 rings (SSSR count). The van der Waals surface area contributed by atoms with Crippen molar-refractivity contribution < 1.29 is 19.4 Å². The molecule has 1 fully saturated rings. The first-order valence-corrected chi connectivity index (χ1v) is 6.62. The number of para-hydroxylation sites is 2. The van der Waals surface area contributed by atoms with Crippen LogP contribution in [0.1, 0.15) is 18.3 Å². The first-order valence-electron chi connectivity index (χ1n) is 6.62. The van der Waals surface area contributed by atoms with E-state index >= 15 is 0 Å². The van der Waals surface area contributed by atoms with Crippen LogP contribution in [-0.4, -0.2) is 40.4 Å².